The van der Waals surface area contributed by atoms with Gasteiger partial charge in [0.05, 0.1) is 17.1 Å². The molecule has 2 unspecified atom stereocenters. The number of benzene rings is 1. The van der Waals surface area contributed by atoms with Gasteiger partial charge in [0.1, 0.15) is 11.9 Å². The lowest BCUT2D eigenvalue weighted by Crippen LogP contribution is -2.40. The summed E-state index contributed by atoms with van der Waals surface area (Å²) >= 11 is 6.02. The van der Waals surface area contributed by atoms with E-state index >= 15 is 0 Å². The van der Waals surface area contributed by atoms with Gasteiger partial charge in [-0.05, 0) is 12.1 Å². The number of carbonyl (C=O) groups excluding carboxylic acids is 1. The van der Waals surface area contributed by atoms with Gasteiger partial charge in [-0.2, -0.15) is 0 Å². The summed E-state index contributed by atoms with van der Waals surface area (Å²) in [5, 5.41) is 0.237. The predicted octanol–water partition coefficient (Wildman–Crippen LogP) is 2.75. The minimum Gasteiger partial charge on any atom is -0.472 e. The molecule has 0 radical (unpaired) electrons. The molecule has 2 aromatic heterocycles. The van der Waals surface area contributed by atoms with Crippen LogP contribution in [0.25, 0.3) is 11.0 Å². The number of nitrogens with one attached hydrogen (secondary N) is 1. The fraction of sp³-hybridized carbons (Fsp3) is 0.294. The van der Waals surface area contributed by atoms with E-state index in [9.17, 15) is 4.79 Å². The maximum atomic E-state index is 11.5. The van der Waals surface area contributed by atoms with E-state index in [-0.39, 0.29) is 17.3 Å². The van der Waals surface area contributed by atoms with E-state index in [1.165, 1.54) is 6.20 Å². The number of amides is 1. The summed E-state index contributed by atoms with van der Waals surface area (Å²) in [5.41, 5.74) is 1.83. The van der Waals surface area contributed by atoms with Gasteiger partial charge in [-0.1, -0.05) is 23.7 Å². The minimum absolute atomic E-state index is 0.122. The highest BCUT2D eigenvalue weighted by atomic mass is 35.5. The number of aromatic nitrogens is 4. The summed E-state index contributed by atoms with van der Waals surface area (Å²) in [4.78, 5) is 29.3. The number of ether oxygens (including phenoxy) is 1. The lowest BCUT2D eigenvalue weighted by molar-refractivity contribution is -0.123. The van der Waals surface area contributed by atoms with Crippen LogP contribution in [-0.2, 0) is 4.79 Å². The number of para-hydroxylation sites is 2. The van der Waals surface area contributed by atoms with Gasteiger partial charge < -0.3 is 14.6 Å². The van der Waals surface area contributed by atoms with Gasteiger partial charge in [-0.25, -0.2) is 15.0 Å². The number of halogens is 1. The molecule has 25 heavy (non-hydrogen) atoms. The van der Waals surface area contributed by atoms with Crippen LogP contribution in [0.2, 0.25) is 5.15 Å². The number of rotatable bonds is 4. The molecule has 7 nitrogen and oxygen atoms in total. The van der Waals surface area contributed by atoms with Crippen molar-refractivity contribution >= 4 is 29.0 Å². The fourth-order valence-corrected chi connectivity index (χ4v) is 3.28. The summed E-state index contributed by atoms with van der Waals surface area (Å²) in [6.07, 6.45) is 5.10. The van der Waals surface area contributed by atoms with Crippen LogP contribution in [0.4, 0.5) is 0 Å². The Morgan fingerprint density at radius 3 is 2.92 bits per heavy atom. The van der Waals surface area contributed by atoms with Crippen LogP contribution < -0.4 is 4.74 Å². The Morgan fingerprint density at radius 2 is 2.12 bits per heavy atom. The molecule has 4 rings (SSSR count). The standard InChI is InChI=1S/C17H16ClN5O2/c18-15-17(20-7-6-19-15)25-11-5-8-23(10-24)14(9-11)16-21-12-3-1-2-4-13(12)22-16/h1-4,6-7,10-11,14H,5,8-9H2,(H,21,22). The number of hydrogen-bond acceptors (Lipinski definition) is 5. The number of carbonyl (C=O) groups is 1. The normalized spacial score (nSPS) is 20.6. The maximum Gasteiger partial charge on any atom is 0.252 e. The molecular weight excluding hydrogens is 342 g/mol. The highest BCUT2D eigenvalue weighted by molar-refractivity contribution is 6.30. The number of fused-ring (bicyclic) bond motifs is 1. The summed E-state index contributed by atoms with van der Waals surface area (Å²) in [6.45, 7) is 0.577. The maximum absolute atomic E-state index is 11.5. The predicted molar refractivity (Wildman–Crippen MR) is 92.3 cm³/mol. The molecule has 2 atom stereocenters. The molecule has 3 aromatic rings. The van der Waals surface area contributed by atoms with E-state index in [1.807, 2.05) is 24.3 Å². The molecule has 8 heteroatoms. The van der Waals surface area contributed by atoms with Crippen molar-refractivity contribution < 1.29 is 9.53 Å². The first-order chi connectivity index (χ1) is 12.2. The molecule has 0 spiro atoms. The highest BCUT2D eigenvalue weighted by Gasteiger charge is 2.32. The summed E-state index contributed by atoms with van der Waals surface area (Å²) in [6, 6.07) is 7.61. The number of imidazole rings is 1. The molecule has 3 heterocycles. The molecule has 1 aliphatic heterocycles. The van der Waals surface area contributed by atoms with Crippen LogP contribution >= 0.6 is 11.6 Å². The van der Waals surface area contributed by atoms with Crippen molar-refractivity contribution in [3.05, 3.63) is 47.6 Å². The third kappa shape index (κ3) is 3.15. The third-order valence-electron chi connectivity index (χ3n) is 4.36. The Hall–Kier alpha value is -2.67. The molecule has 1 saturated heterocycles. The van der Waals surface area contributed by atoms with Crippen LogP contribution in [0.1, 0.15) is 24.7 Å². The molecule has 0 bridgehead atoms. The second-order valence-corrected chi connectivity index (χ2v) is 6.27. The zero-order chi connectivity index (χ0) is 17.2. The molecule has 0 saturated carbocycles. The van der Waals surface area contributed by atoms with Crippen molar-refractivity contribution in [3.8, 4) is 5.88 Å². The lowest BCUT2D eigenvalue weighted by atomic mass is 9.99. The quantitative estimate of drug-likeness (QED) is 0.726. The Bertz CT molecular complexity index is 866. The second kappa shape index (κ2) is 6.68. The van der Waals surface area contributed by atoms with Crippen molar-refractivity contribution in [1.29, 1.82) is 0 Å². The number of hydrogen-bond donors (Lipinski definition) is 1. The molecule has 1 aromatic carbocycles. The van der Waals surface area contributed by atoms with E-state index in [0.29, 0.717) is 25.3 Å². The van der Waals surface area contributed by atoms with Crippen LogP contribution in [0.5, 0.6) is 5.88 Å². The monoisotopic (exact) mass is 357 g/mol. The average molecular weight is 358 g/mol. The molecule has 128 valence electrons. The first kappa shape index (κ1) is 15.8. The van der Waals surface area contributed by atoms with Crippen LogP contribution in [0, 0.1) is 0 Å². The first-order valence-corrected chi connectivity index (χ1v) is 8.41. The van der Waals surface area contributed by atoms with Gasteiger partial charge in [-0.3, -0.25) is 4.79 Å². The van der Waals surface area contributed by atoms with Crippen molar-refractivity contribution in [1.82, 2.24) is 24.8 Å². The molecule has 1 fully saturated rings. The average Bonchev–Trinajstić information content (AvgIpc) is 3.07. The Balaban J connectivity index is 1.58. The topological polar surface area (TPSA) is 84.0 Å². The number of H-pyrrole nitrogens is 1. The number of likely N-dealkylation sites (tertiary alicyclic amines) is 1. The summed E-state index contributed by atoms with van der Waals surface area (Å²) in [7, 11) is 0. The van der Waals surface area contributed by atoms with E-state index in [0.717, 1.165) is 23.3 Å². The molecule has 1 N–H and O–H groups in total. The number of nitrogens with zero attached hydrogens (tertiary/aromatic N) is 4. The minimum atomic E-state index is -0.181. The molecule has 0 aliphatic carbocycles. The van der Waals surface area contributed by atoms with Crippen LogP contribution in [0.15, 0.2) is 36.7 Å². The van der Waals surface area contributed by atoms with Crippen LogP contribution in [-0.4, -0.2) is 43.9 Å². The summed E-state index contributed by atoms with van der Waals surface area (Å²) < 4.78 is 5.91. The number of aromatic amines is 1. The van der Waals surface area contributed by atoms with E-state index in [1.54, 1.807) is 11.1 Å². The van der Waals surface area contributed by atoms with Gasteiger partial charge in [0, 0.05) is 31.8 Å². The molecule has 1 amide bonds. The number of piperidine rings is 1. The van der Waals surface area contributed by atoms with E-state index in [2.05, 4.69) is 19.9 Å². The van der Waals surface area contributed by atoms with Gasteiger partial charge in [0.15, 0.2) is 5.15 Å². The zero-order valence-electron chi connectivity index (χ0n) is 13.3. The van der Waals surface area contributed by atoms with Crippen molar-refractivity contribution in [3.63, 3.8) is 0 Å². The third-order valence-corrected chi connectivity index (χ3v) is 4.61. The lowest BCUT2D eigenvalue weighted by Gasteiger charge is -2.35. The van der Waals surface area contributed by atoms with Crippen molar-refractivity contribution in [2.75, 3.05) is 6.54 Å². The van der Waals surface area contributed by atoms with E-state index < -0.39 is 0 Å². The van der Waals surface area contributed by atoms with Gasteiger partial charge in [-0.15, -0.1) is 0 Å². The summed E-state index contributed by atoms with van der Waals surface area (Å²) in [5.74, 6) is 1.07. The Labute approximate surface area is 149 Å². The SMILES string of the molecule is O=CN1CCC(Oc2nccnc2Cl)CC1c1nc2ccccc2[nH]1. The van der Waals surface area contributed by atoms with Crippen molar-refractivity contribution in [2.24, 2.45) is 0 Å². The van der Waals surface area contributed by atoms with E-state index in [4.69, 9.17) is 16.3 Å². The highest BCUT2D eigenvalue weighted by Crippen LogP contribution is 2.32. The largest absolute Gasteiger partial charge is 0.472 e. The zero-order valence-corrected chi connectivity index (χ0v) is 14.1. The molecular formula is C17H16ClN5O2. The fourth-order valence-electron chi connectivity index (χ4n) is 3.13. The van der Waals surface area contributed by atoms with Gasteiger partial charge in [0.2, 0.25) is 6.41 Å². The van der Waals surface area contributed by atoms with Crippen LogP contribution in [0.3, 0.4) is 0 Å². The molecule has 1 aliphatic rings. The Kier molecular flexibility index (Phi) is 4.23. The van der Waals surface area contributed by atoms with Gasteiger partial charge in [0.25, 0.3) is 5.88 Å². The smallest absolute Gasteiger partial charge is 0.252 e. The van der Waals surface area contributed by atoms with Crippen molar-refractivity contribution in [2.45, 2.75) is 25.0 Å². The van der Waals surface area contributed by atoms with Gasteiger partial charge >= 0.3 is 0 Å². The Morgan fingerprint density at radius 1 is 1.28 bits per heavy atom. The second-order valence-electron chi connectivity index (χ2n) is 5.91. The first-order valence-electron chi connectivity index (χ1n) is 8.03.